The fourth-order valence-electron chi connectivity index (χ4n) is 1.88. The van der Waals surface area contributed by atoms with Crippen molar-refractivity contribution in [1.29, 1.82) is 0 Å². The van der Waals surface area contributed by atoms with E-state index in [4.69, 9.17) is 16.7 Å². The highest BCUT2D eigenvalue weighted by Gasteiger charge is 2.21. The minimum absolute atomic E-state index is 0.124. The summed E-state index contributed by atoms with van der Waals surface area (Å²) < 4.78 is 2.13. The van der Waals surface area contributed by atoms with Crippen LogP contribution in [0, 0.1) is 0 Å². The second-order valence-corrected chi connectivity index (χ2v) is 5.52. The number of aromatic nitrogens is 2. The average molecular weight is 295 g/mol. The number of fused-ring (bicyclic) bond motifs is 1. The van der Waals surface area contributed by atoms with Gasteiger partial charge in [-0.1, -0.05) is 11.6 Å². The van der Waals surface area contributed by atoms with Crippen molar-refractivity contribution in [2.45, 2.75) is 0 Å². The number of halogens is 1. The summed E-state index contributed by atoms with van der Waals surface area (Å²) in [6, 6.07) is 6.52. The molecule has 0 bridgehead atoms. The maximum atomic E-state index is 11.2. The molecular weight excluding hydrogens is 288 g/mol. The summed E-state index contributed by atoms with van der Waals surface area (Å²) in [7, 11) is 0. The molecule has 7 heteroatoms. The Balaban J connectivity index is 2.38. The molecule has 3 heterocycles. The van der Waals surface area contributed by atoms with Crippen LogP contribution in [-0.4, -0.2) is 25.6 Å². The number of hydrogen-bond acceptors (Lipinski definition) is 4. The lowest BCUT2D eigenvalue weighted by molar-refractivity contribution is 0.0693. The normalized spacial score (nSPS) is 11.0. The molecule has 0 aliphatic carbocycles. The van der Waals surface area contributed by atoms with Crippen LogP contribution in [-0.2, 0) is 0 Å². The van der Waals surface area contributed by atoms with E-state index in [1.54, 1.807) is 28.8 Å². The zero-order valence-electron chi connectivity index (χ0n) is 9.37. The molecule has 0 saturated heterocycles. The van der Waals surface area contributed by atoms with Gasteiger partial charge in [-0.05, 0) is 24.3 Å². The van der Waals surface area contributed by atoms with E-state index in [1.165, 1.54) is 17.4 Å². The molecular formula is C12H7ClN2O3S. The van der Waals surface area contributed by atoms with Gasteiger partial charge in [0.05, 0.1) is 9.21 Å². The Hall–Kier alpha value is -2.05. The van der Waals surface area contributed by atoms with Gasteiger partial charge in [0.2, 0.25) is 0 Å². The molecule has 19 heavy (non-hydrogen) atoms. The smallest absolute Gasteiger partial charge is 0.356 e. The molecule has 3 aromatic heterocycles. The minimum atomic E-state index is -1.19. The van der Waals surface area contributed by atoms with Gasteiger partial charge < -0.3 is 10.2 Å². The zero-order chi connectivity index (χ0) is 13.6. The van der Waals surface area contributed by atoms with E-state index in [-0.39, 0.29) is 17.0 Å². The number of aromatic carboxylic acids is 1. The van der Waals surface area contributed by atoms with E-state index in [0.29, 0.717) is 10.2 Å². The summed E-state index contributed by atoms with van der Waals surface area (Å²) >= 11 is 7.17. The van der Waals surface area contributed by atoms with E-state index in [0.717, 1.165) is 4.88 Å². The fraction of sp³-hybridized carbons (Fsp3) is 0. The molecule has 0 saturated carbocycles. The fourth-order valence-corrected chi connectivity index (χ4v) is 2.91. The Morgan fingerprint density at radius 3 is 2.79 bits per heavy atom. The van der Waals surface area contributed by atoms with Crippen LogP contribution in [0.15, 0.2) is 30.5 Å². The monoisotopic (exact) mass is 294 g/mol. The van der Waals surface area contributed by atoms with E-state index >= 15 is 0 Å². The zero-order valence-corrected chi connectivity index (χ0v) is 10.9. The summed E-state index contributed by atoms with van der Waals surface area (Å²) in [6.07, 6.45) is 1.65. The second kappa shape index (κ2) is 4.25. The Morgan fingerprint density at radius 1 is 1.37 bits per heavy atom. The molecule has 0 aliphatic heterocycles. The first-order chi connectivity index (χ1) is 9.08. The first-order valence-corrected chi connectivity index (χ1v) is 6.46. The maximum Gasteiger partial charge on any atom is 0.356 e. The molecule has 0 radical (unpaired) electrons. The number of pyridine rings is 1. The van der Waals surface area contributed by atoms with E-state index < -0.39 is 5.97 Å². The van der Waals surface area contributed by atoms with Gasteiger partial charge in [-0.3, -0.25) is 4.40 Å². The van der Waals surface area contributed by atoms with Gasteiger partial charge in [-0.25, -0.2) is 9.78 Å². The van der Waals surface area contributed by atoms with Crippen molar-refractivity contribution in [3.05, 3.63) is 40.5 Å². The lowest BCUT2D eigenvalue weighted by atomic mass is 10.3. The number of thiophene rings is 1. The number of nitrogens with zero attached hydrogens (tertiary/aromatic N) is 2. The number of carboxylic acid groups (broad SMARTS) is 1. The molecule has 0 aliphatic rings. The summed E-state index contributed by atoms with van der Waals surface area (Å²) in [5.41, 5.74) is -0.00727. The van der Waals surface area contributed by atoms with E-state index in [1.807, 2.05) is 0 Å². The van der Waals surface area contributed by atoms with Crippen LogP contribution in [0.4, 0.5) is 0 Å². The Kier molecular flexibility index (Phi) is 2.69. The maximum absolute atomic E-state index is 11.2. The molecule has 0 spiro atoms. The Bertz CT molecular complexity index is 793. The second-order valence-electron chi connectivity index (χ2n) is 3.80. The Morgan fingerprint density at radius 2 is 2.16 bits per heavy atom. The molecule has 0 atom stereocenters. The van der Waals surface area contributed by atoms with Gasteiger partial charge in [-0.2, -0.15) is 0 Å². The third-order valence-electron chi connectivity index (χ3n) is 2.64. The van der Waals surface area contributed by atoms with Gasteiger partial charge in [0.25, 0.3) is 0 Å². The summed E-state index contributed by atoms with van der Waals surface area (Å²) in [5.74, 6) is -0.866. The highest BCUT2D eigenvalue weighted by molar-refractivity contribution is 7.19. The van der Waals surface area contributed by atoms with Gasteiger partial charge >= 0.3 is 5.97 Å². The molecule has 0 unspecified atom stereocenters. The van der Waals surface area contributed by atoms with Crippen LogP contribution in [0.5, 0.6) is 5.75 Å². The van der Waals surface area contributed by atoms with Crippen LogP contribution in [0.3, 0.4) is 0 Å². The van der Waals surface area contributed by atoms with Crippen molar-refractivity contribution in [3.63, 3.8) is 0 Å². The molecule has 2 N–H and O–H groups in total. The molecule has 0 fully saturated rings. The van der Waals surface area contributed by atoms with Crippen molar-refractivity contribution >= 4 is 34.4 Å². The molecule has 3 rings (SSSR count). The number of carboxylic acids is 1. The predicted octanol–water partition coefficient (Wildman–Crippen LogP) is 3.12. The first-order valence-electron chi connectivity index (χ1n) is 5.27. The average Bonchev–Trinajstić information content (AvgIpc) is 2.93. The highest BCUT2D eigenvalue weighted by atomic mass is 35.5. The van der Waals surface area contributed by atoms with Crippen LogP contribution in [0.2, 0.25) is 4.34 Å². The van der Waals surface area contributed by atoms with Crippen LogP contribution >= 0.6 is 22.9 Å². The number of carbonyl (C=O) groups is 1. The summed E-state index contributed by atoms with van der Waals surface area (Å²) in [5, 5.41) is 19.0. The molecule has 96 valence electrons. The van der Waals surface area contributed by atoms with Crippen molar-refractivity contribution in [2.24, 2.45) is 0 Å². The number of hydrogen-bond donors (Lipinski definition) is 2. The quantitative estimate of drug-likeness (QED) is 0.761. The summed E-state index contributed by atoms with van der Waals surface area (Å²) in [6.45, 7) is 0. The van der Waals surface area contributed by atoms with Crippen LogP contribution in [0.1, 0.15) is 10.5 Å². The van der Waals surface area contributed by atoms with Crippen molar-refractivity contribution in [2.75, 3.05) is 0 Å². The van der Waals surface area contributed by atoms with Crippen molar-refractivity contribution < 1.29 is 15.0 Å². The standard InChI is InChI=1S/C12H7ClN2O3S/c13-8-4-3-7(19-8)11-14-9(12(17)18)10-6(16)2-1-5-15(10)11/h1-5,16H,(H,17,18). The Labute approximate surface area is 116 Å². The summed E-state index contributed by atoms with van der Waals surface area (Å²) in [4.78, 5) is 16.0. The molecule has 5 nitrogen and oxygen atoms in total. The van der Waals surface area contributed by atoms with Gasteiger partial charge in [0.1, 0.15) is 11.3 Å². The number of rotatable bonds is 2. The van der Waals surface area contributed by atoms with Crippen LogP contribution in [0.25, 0.3) is 16.2 Å². The first kappa shape index (κ1) is 12.0. The number of imidazole rings is 1. The lowest BCUT2D eigenvalue weighted by Gasteiger charge is -1.99. The molecule has 0 aromatic carbocycles. The molecule has 3 aromatic rings. The third-order valence-corrected chi connectivity index (χ3v) is 3.87. The van der Waals surface area contributed by atoms with Gasteiger partial charge in [-0.15, -0.1) is 11.3 Å². The largest absolute Gasteiger partial charge is 0.506 e. The van der Waals surface area contributed by atoms with Crippen LogP contribution < -0.4 is 0 Å². The third kappa shape index (κ3) is 1.85. The number of aromatic hydroxyl groups is 1. The minimum Gasteiger partial charge on any atom is -0.506 e. The lowest BCUT2D eigenvalue weighted by Crippen LogP contribution is -1.97. The topological polar surface area (TPSA) is 74.8 Å². The van der Waals surface area contributed by atoms with E-state index in [9.17, 15) is 9.90 Å². The SMILES string of the molecule is O=C(O)c1nc(-c2ccc(Cl)s2)n2cccc(O)c12. The molecule has 0 amide bonds. The highest BCUT2D eigenvalue weighted by Crippen LogP contribution is 2.33. The predicted molar refractivity (Wildman–Crippen MR) is 72.1 cm³/mol. The van der Waals surface area contributed by atoms with E-state index in [2.05, 4.69) is 4.98 Å². The van der Waals surface area contributed by atoms with Crippen molar-refractivity contribution in [3.8, 4) is 16.5 Å². The van der Waals surface area contributed by atoms with Gasteiger partial charge in [0, 0.05) is 6.20 Å². The van der Waals surface area contributed by atoms with Gasteiger partial charge in [0.15, 0.2) is 11.5 Å². The van der Waals surface area contributed by atoms with Crippen molar-refractivity contribution in [1.82, 2.24) is 9.38 Å².